The zero-order valence-corrected chi connectivity index (χ0v) is 15.7. The van der Waals surface area contributed by atoms with Crippen LogP contribution < -0.4 is 5.32 Å². The number of nitrogens with zero attached hydrogens (tertiary/aromatic N) is 2. The van der Waals surface area contributed by atoms with Gasteiger partial charge in [-0.1, -0.05) is 0 Å². The van der Waals surface area contributed by atoms with E-state index in [-0.39, 0.29) is 34.8 Å². The van der Waals surface area contributed by atoms with E-state index in [4.69, 9.17) is 0 Å². The minimum absolute atomic E-state index is 0. The standard InChI is InChI=1S/C16H22FN3O3S.ClH/c1-19(12-6-7-18-11-12)24(22,23)13-4-5-14(15(17)10-13)16(21)20-8-2-3-9-20;/h4-5,10,12,18H,2-3,6-9,11H2,1H3;1H. The summed E-state index contributed by atoms with van der Waals surface area (Å²) in [6, 6.07) is 3.42. The number of sulfonamides is 1. The van der Waals surface area contributed by atoms with Crippen molar-refractivity contribution in [3.8, 4) is 0 Å². The Kier molecular flexibility index (Phi) is 6.42. The summed E-state index contributed by atoms with van der Waals surface area (Å²) in [7, 11) is -2.27. The number of carbonyl (C=O) groups is 1. The lowest BCUT2D eigenvalue weighted by Crippen LogP contribution is -2.38. The van der Waals surface area contributed by atoms with Crippen molar-refractivity contribution in [1.82, 2.24) is 14.5 Å². The fraction of sp³-hybridized carbons (Fsp3) is 0.562. The molecule has 1 aromatic rings. The van der Waals surface area contributed by atoms with E-state index in [1.54, 1.807) is 4.90 Å². The van der Waals surface area contributed by atoms with Crippen molar-refractivity contribution in [3.63, 3.8) is 0 Å². The van der Waals surface area contributed by atoms with Crippen LogP contribution in [-0.2, 0) is 10.0 Å². The van der Waals surface area contributed by atoms with Crippen LogP contribution >= 0.6 is 12.4 Å². The second-order valence-electron chi connectivity index (χ2n) is 6.31. The Labute approximate surface area is 153 Å². The molecule has 1 aromatic carbocycles. The molecule has 1 N–H and O–H groups in total. The van der Waals surface area contributed by atoms with E-state index in [9.17, 15) is 17.6 Å². The summed E-state index contributed by atoms with van der Waals surface area (Å²) in [6.07, 6.45) is 2.56. The van der Waals surface area contributed by atoms with Gasteiger partial charge in [-0.2, -0.15) is 4.31 Å². The van der Waals surface area contributed by atoms with Gasteiger partial charge in [-0.25, -0.2) is 12.8 Å². The first-order valence-corrected chi connectivity index (χ1v) is 9.63. The first-order chi connectivity index (χ1) is 11.4. The Bertz CT molecular complexity index is 732. The third-order valence-electron chi connectivity index (χ3n) is 4.79. The number of halogens is 2. The predicted octanol–water partition coefficient (Wildman–Crippen LogP) is 1.47. The molecule has 140 valence electrons. The van der Waals surface area contributed by atoms with Gasteiger partial charge in [-0.3, -0.25) is 4.79 Å². The number of likely N-dealkylation sites (tertiary alicyclic amines) is 1. The van der Waals surface area contributed by atoms with Gasteiger partial charge in [-0.15, -0.1) is 12.4 Å². The maximum Gasteiger partial charge on any atom is 0.256 e. The molecule has 25 heavy (non-hydrogen) atoms. The average Bonchev–Trinajstić information content (AvgIpc) is 3.26. The number of hydrogen-bond acceptors (Lipinski definition) is 4. The molecule has 3 rings (SSSR count). The highest BCUT2D eigenvalue weighted by molar-refractivity contribution is 7.89. The van der Waals surface area contributed by atoms with Gasteiger partial charge in [0.25, 0.3) is 5.91 Å². The molecule has 2 fully saturated rings. The molecule has 6 nitrogen and oxygen atoms in total. The lowest BCUT2D eigenvalue weighted by molar-refractivity contribution is 0.0788. The number of nitrogens with one attached hydrogen (secondary N) is 1. The van der Waals surface area contributed by atoms with Gasteiger partial charge in [0.2, 0.25) is 10.0 Å². The smallest absolute Gasteiger partial charge is 0.256 e. The van der Waals surface area contributed by atoms with E-state index >= 15 is 0 Å². The number of rotatable bonds is 4. The molecule has 0 aromatic heterocycles. The molecule has 2 aliphatic rings. The van der Waals surface area contributed by atoms with Gasteiger partial charge >= 0.3 is 0 Å². The summed E-state index contributed by atoms with van der Waals surface area (Å²) < 4.78 is 41.0. The van der Waals surface area contributed by atoms with E-state index in [2.05, 4.69) is 5.32 Å². The summed E-state index contributed by atoms with van der Waals surface area (Å²) in [5.41, 5.74) is -0.0685. The second kappa shape index (κ2) is 7.99. The maximum absolute atomic E-state index is 14.4. The van der Waals surface area contributed by atoms with Gasteiger partial charge < -0.3 is 10.2 Å². The van der Waals surface area contributed by atoms with Crippen LogP contribution in [0.1, 0.15) is 29.6 Å². The molecule has 0 radical (unpaired) electrons. The highest BCUT2D eigenvalue weighted by Gasteiger charge is 2.31. The van der Waals surface area contributed by atoms with Gasteiger partial charge in [0, 0.05) is 32.7 Å². The fourth-order valence-corrected chi connectivity index (χ4v) is 4.63. The van der Waals surface area contributed by atoms with Crippen LogP contribution in [0.25, 0.3) is 0 Å². The zero-order valence-electron chi connectivity index (χ0n) is 14.1. The number of amides is 1. The number of benzene rings is 1. The monoisotopic (exact) mass is 391 g/mol. The normalized spacial score (nSPS) is 20.8. The largest absolute Gasteiger partial charge is 0.339 e. The molecule has 0 aliphatic carbocycles. The molecule has 1 unspecified atom stereocenters. The number of carbonyl (C=O) groups excluding carboxylic acids is 1. The topological polar surface area (TPSA) is 69.7 Å². The Balaban J connectivity index is 0.00000225. The molecule has 0 saturated carbocycles. The highest BCUT2D eigenvalue weighted by Crippen LogP contribution is 2.23. The van der Waals surface area contributed by atoms with Crippen LogP contribution in [0.4, 0.5) is 4.39 Å². The summed E-state index contributed by atoms with van der Waals surface area (Å²) in [6.45, 7) is 2.59. The SMILES string of the molecule is CN(C1CCNC1)S(=O)(=O)c1ccc(C(=O)N2CCCC2)c(F)c1.Cl. The van der Waals surface area contributed by atoms with Crippen molar-refractivity contribution in [2.24, 2.45) is 0 Å². The molecule has 2 heterocycles. The van der Waals surface area contributed by atoms with Crippen LogP contribution in [0.2, 0.25) is 0 Å². The molecule has 0 bridgehead atoms. The third kappa shape index (κ3) is 3.97. The molecule has 2 saturated heterocycles. The first-order valence-electron chi connectivity index (χ1n) is 8.19. The van der Waals surface area contributed by atoms with Gasteiger partial charge in [0.1, 0.15) is 5.82 Å². The van der Waals surface area contributed by atoms with Crippen LogP contribution in [0.15, 0.2) is 23.1 Å². The molecule has 9 heteroatoms. The molecule has 0 spiro atoms. The Morgan fingerprint density at radius 2 is 2.00 bits per heavy atom. The van der Waals surface area contributed by atoms with Crippen molar-refractivity contribution in [2.75, 3.05) is 33.2 Å². The zero-order chi connectivity index (χ0) is 17.3. The van der Waals surface area contributed by atoms with Gasteiger partial charge in [-0.05, 0) is 44.0 Å². The second-order valence-corrected chi connectivity index (χ2v) is 8.31. The first kappa shape index (κ1) is 20.1. The highest BCUT2D eigenvalue weighted by atomic mass is 35.5. The van der Waals surface area contributed by atoms with Crippen molar-refractivity contribution >= 4 is 28.3 Å². The van der Waals surface area contributed by atoms with E-state index < -0.39 is 15.8 Å². The summed E-state index contributed by atoms with van der Waals surface area (Å²) in [4.78, 5) is 13.8. The van der Waals surface area contributed by atoms with Crippen LogP contribution in [0.5, 0.6) is 0 Å². The minimum Gasteiger partial charge on any atom is -0.339 e. The van der Waals surface area contributed by atoms with Crippen molar-refractivity contribution in [2.45, 2.75) is 30.2 Å². The van der Waals surface area contributed by atoms with E-state index in [0.717, 1.165) is 31.9 Å². The lowest BCUT2D eigenvalue weighted by atomic mass is 10.2. The van der Waals surface area contributed by atoms with Crippen LogP contribution in [-0.4, -0.2) is 62.8 Å². The molecule has 1 amide bonds. The van der Waals surface area contributed by atoms with Gasteiger partial charge in [0.05, 0.1) is 10.5 Å². The van der Waals surface area contributed by atoms with Crippen molar-refractivity contribution in [3.05, 3.63) is 29.6 Å². The summed E-state index contributed by atoms with van der Waals surface area (Å²) in [5, 5.41) is 3.11. The van der Waals surface area contributed by atoms with Gasteiger partial charge in [0.15, 0.2) is 0 Å². The van der Waals surface area contributed by atoms with E-state index in [1.807, 2.05) is 0 Å². The molecular formula is C16H23ClFN3O3S. The Morgan fingerprint density at radius 3 is 2.56 bits per heavy atom. The molecule has 1 atom stereocenters. The predicted molar refractivity (Wildman–Crippen MR) is 95.0 cm³/mol. The quantitative estimate of drug-likeness (QED) is 0.843. The van der Waals surface area contributed by atoms with E-state index in [0.29, 0.717) is 19.6 Å². The molecular weight excluding hydrogens is 369 g/mol. The average molecular weight is 392 g/mol. The maximum atomic E-state index is 14.4. The summed E-state index contributed by atoms with van der Waals surface area (Å²) >= 11 is 0. The van der Waals surface area contributed by atoms with Crippen molar-refractivity contribution < 1.29 is 17.6 Å². The Morgan fingerprint density at radius 1 is 1.32 bits per heavy atom. The summed E-state index contributed by atoms with van der Waals surface area (Å²) in [5.74, 6) is -1.16. The number of hydrogen-bond donors (Lipinski definition) is 1. The third-order valence-corrected chi connectivity index (χ3v) is 6.70. The minimum atomic E-state index is -3.78. The Hall–Kier alpha value is -1.22. The van der Waals surface area contributed by atoms with Crippen LogP contribution in [0.3, 0.4) is 0 Å². The molecule has 2 aliphatic heterocycles. The fourth-order valence-electron chi connectivity index (χ4n) is 3.23. The van der Waals surface area contributed by atoms with E-state index in [1.165, 1.54) is 23.5 Å². The number of likely N-dealkylation sites (N-methyl/N-ethyl adjacent to an activating group) is 1. The van der Waals surface area contributed by atoms with Crippen LogP contribution in [0, 0.1) is 5.82 Å². The van der Waals surface area contributed by atoms with Crippen molar-refractivity contribution in [1.29, 1.82) is 0 Å². The lowest BCUT2D eigenvalue weighted by Gasteiger charge is -2.23.